The lowest BCUT2D eigenvalue weighted by molar-refractivity contribution is 0.299. The summed E-state index contributed by atoms with van der Waals surface area (Å²) in [5.74, 6) is 2.31. The van der Waals surface area contributed by atoms with Crippen LogP contribution in [0.5, 0.6) is 11.5 Å². The number of azo groups is 1. The van der Waals surface area contributed by atoms with Crippen LogP contribution in [0.25, 0.3) is 11.1 Å². The SMILES string of the molecule is CCCCCCCCCCCCCCCCOc1ccc(N=Nc2cc(CC)c(-c3ccc(OCC)cc3)c(CC)c2)cc1C(C)CC. The monoisotopic (exact) mass is 655 g/mol. The topological polar surface area (TPSA) is 43.2 Å². The maximum Gasteiger partial charge on any atom is 0.122 e. The molecule has 0 heterocycles. The van der Waals surface area contributed by atoms with E-state index < -0.39 is 0 Å². The molecule has 0 radical (unpaired) electrons. The van der Waals surface area contributed by atoms with Gasteiger partial charge in [-0.2, -0.15) is 10.2 Å². The van der Waals surface area contributed by atoms with Crippen LogP contribution in [0.4, 0.5) is 11.4 Å². The Morgan fingerprint density at radius 2 is 1.10 bits per heavy atom. The van der Waals surface area contributed by atoms with Gasteiger partial charge in [0.1, 0.15) is 11.5 Å². The first-order valence-electron chi connectivity index (χ1n) is 19.6. The van der Waals surface area contributed by atoms with E-state index in [1.54, 1.807) is 0 Å². The lowest BCUT2D eigenvalue weighted by atomic mass is 9.91. The van der Waals surface area contributed by atoms with Crippen molar-refractivity contribution in [2.45, 2.75) is 157 Å². The quantitative estimate of drug-likeness (QED) is 0.0674. The van der Waals surface area contributed by atoms with E-state index in [9.17, 15) is 0 Å². The Balaban J connectivity index is 1.52. The van der Waals surface area contributed by atoms with Crippen LogP contribution in [-0.4, -0.2) is 13.2 Å². The second-order valence-electron chi connectivity index (χ2n) is 13.5. The number of aryl methyl sites for hydroxylation is 2. The molecule has 0 aliphatic rings. The van der Waals surface area contributed by atoms with Gasteiger partial charge in [-0.3, -0.25) is 0 Å². The lowest BCUT2D eigenvalue weighted by Crippen LogP contribution is -2.02. The number of nitrogens with zero attached hydrogens (tertiary/aromatic N) is 2. The molecule has 264 valence electrons. The van der Waals surface area contributed by atoms with Crippen molar-refractivity contribution in [1.29, 1.82) is 0 Å². The minimum absolute atomic E-state index is 0.401. The first-order chi connectivity index (χ1) is 23.5. The molecule has 0 spiro atoms. The Morgan fingerprint density at radius 1 is 0.562 bits per heavy atom. The number of benzene rings is 3. The molecule has 0 fully saturated rings. The van der Waals surface area contributed by atoms with Crippen molar-refractivity contribution in [3.63, 3.8) is 0 Å². The molecule has 4 heteroatoms. The van der Waals surface area contributed by atoms with Gasteiger partial charge in [0.2, 0.25) is 0 Å². The van der Waals surface area contributed by atoms with Crippen LogP contribution >= 0.6 is 0 Å². The second kappa shape index (κ2) is 23.3. The molecule has 3 aromatic carbocycles. The molecular weight excluding hydrogens is 588 g/mol. The third-order valence-electron chi connectivity index (χ3n) is 9.68. The highest BCUT2D eigenvalue weighted by Gasteiger charge is 2.14. The maximum atomic E-state index is 6.34. The molecular formula is C44H66N2O2. The van der Waals surface area contributed by atoms with Crippen molar-refractivity contribution >= 4 is 11.4 Å². The summed E-state index contributed by atoms with van der Waals surface area (Å²) < 4.78 is 12.0. The van der Waals surface area contributed by atoms with Gasteiger partial charge in [-0.05, 0) is 109 Å². The average Bonchev–Trinajstić information content (AvgIpc) is 3.12. The van der Waals surface area contributed by atoms with E-state index in [1.165, 1.54) is 111 Å². The molecule has 0 aliphatic heterocycles. The van der Waals surface area contributed by atoms with E-state index in [0.717, 1.165) is 55.2 Å². The van der Waals surface area contributed by atoms with Crippen LogP contribution < -0.4 is 9.47 Å². The van der Waals surface area contributed by atoms with Crippen LogP contribution in [0.2, 0.25) is 0 Å². The van der Waals surface area contributed by atoms with Gasteiger partial charge in [0.25, 0.3) is 0 Å². The number of hydrogen-bond acceptors (Lipinski definition) is 4. The average molecular weight is 655 g/mol. The van der Waals surface area contributed by atoms with Gasteiger partial charge in [-0.15, -0.1) is 0 Å². The van der Waals surface area contributed by atoms with Crippen molar-refractivity contribution < 1.29 is 9.47 Å². The Kier molecular flexibility index (Phi) is 19.0. The Morgan fingerprint density at radius 3 is 1.62 bits per heavy atom. The summed E-state index contributed by atoms with van der Waals surface area (Å²) in [6.07, 6.45) is 22.1. The van der Waals surface area contributed by atoms with Gasteiger partial charge in [-0.25, -0.2) is 0 Å². The molecule has 0 saturated carbocycles. The molecule has 48 heavy (non-hydrogen) atoms. The van der Waals surface area contributed by atoms with Gasteiger partial charge in [0.15, 0.2) is 0 Å². The largest absolute Gasteiger partial charge is 0.494 e. The van der Waals surface area contributed by atoms with Crippen molar-refractivity contribution in [2.24, 2.45) is 10.2 Å². The van der Waals surface area contributed by atoms with E-state index in [2.05, 4.69) is 83.1 Å². The number of hydrogen-bond donors (Lipinski definition) is 0. The summed E-state index contributed by atoms with van der Waals surface area (Å²) >= 11 is 0. The van der Waals surface area contributed by atoms with Crippen LogP contribution in [-0.2, 0) is 12.8 Å². The summed E-state index contributed by atoms with van der Waals surface area (Å²) in [5.41, 5.74) is 8.12. The van der Waals surface area contributed by atoms with Crippen molar-refractivity contribution in [2.75, 3.05) is 13.2 Å². The van der Waals surface area contributed by atoms with Crippen LogP contribution in [0.15, 0.2) is 64.8 Å². The molecule has 4 nitrogen and oxygen atoms in total. The summed E-state index contributed by atoms with van der Waals surface area (Å²) in [4.78, 5) is 0. The molecule has 3 rings (SSSR count). The van der Waals surface area contributed by atoms with Gasteiger partial charge >= 0.3 is 0 Å². The first-order valence-corrected chi connectivity index (χ1v) is 19.6. The van der Waals surface area contributed by atoms with Crippen LogP contribution in [0.3, 0.4) is 0 Å². The predicted octanol–water partition coefficient (Wildman–Crippen LogP) is 14.7. The third-order valence-corrected chi connectivity index (χ3v) is 9.68. The predicted molar refractivity (Wildman–Crippen MR) is 207 cm³/mol. The second-order valence-corrected chi connectivity index (χ2v) is 13.5. The number of ether oxygens (including phenoxy) is 2. The zero-order valence-corrected chi connectivity index (χ0v) is 31.4. The van der Waals surface area contributed by atoms with Crippen molar-refractivity contribution in [1.82, 2.24) is 0 Å². The summed E-state index contributed by atoms with van der Waals surface area (Å²) in [7, 11) is 0. The fourth-order valence-corrected chi connectivity index (χ4v) is 6.55. The summed E-state index contributed by atoms with van der Waals surface area (Å²) in [5, 5.41) is 9.44. The van der Waals surface area contributed by atoms with Crippen LogP contribution in [0.1, 0.15) is 160 Å². The maximum absolute atomic E-state index is 6.34. The molecule has 0 amide bonds. The lowest BCUT2D eigenvalue weighted by Gasteiger charge is -2.16. The molecule has 1 atom stereocenters. The zero-order chi connectivity index (χ0) is 34.4. The Labute approximate surface area is 294 Å². The molecule has 3 aromatic rings. The van der Waals surface area contributed by atoms with E-state index in [4.69, 9.17) is 19.7 Å². The Hall–Kier alpha value is -3.14. The minimum Gasteiger partial charge on any atom is -0.494 e. The molecule has 0 saturated heterocycles. The molecule has 0 bridgehead atoms. The van der Waals surface area contributed by atoms with Gasteiger partial charge in [0, 0.05) is 0 Å². The third kappa shape index (κ3) is 13.4. The highest BCUT2D eigenvalue weighted by molar-refractivity contribution is 5.74. The standard InChI is InChI=1S/C44H66N2O2/c1-7-12-13-14-15-16-17-18-19-20-21-22-23-24-31-48-43-30-27-39(34-42(43)35(6)8-2)45-46-40-32-36(9-3)44(37(10-4)33-40)38-25-28-41(29-26-38)47-11-5/h25-30,32-35H,7-24,31H2,1-6H3. The fraction of sp³-hybridized carbons (Fsp3) is 0.591. The van der Waals surface area contributed by atoms with Crippen molar-refractivity contribution in [3.05, 3.63) is 71.3 Å². The summed E-state index contributed by atoms with van der Waals surface area (Å²) in [6.45, 7) is 14.7. The van der Waals surface area contributed by atoms with E-state index in [0.29, 0.717) is 12.5 Å². The minimum atomic E-state index is 0.401. The van der Waals surface area contributed by atoms with Gasteiger partial charge in [0.05, 0.1) is 24.6 Å². The highest BCUT2D eigenvalue weighted by Crippen LogP contribution is 2.36. The Bertz CT molecular complexity index is 1310. The zero-order valence-electron chi connectivity index (χ0n) is 31.4. The van der Waals surface area contributed by atoms with E-state index >= 15 is 0 Å². The summed E-state index contributed by atoms with van der Waals surface area (Å²) in [6, 6.07) is 19.2. The van der Waals surface area contributed by atoms with Gasteiger partial charge in [-0.1, -0.05) is 130 Å². The first kappa shape index (κ1) is 39.3. The molecule has 0 N–H and O–H groups in total. The van der Waals surface area contributed by atoms with Gasteiger partial charge < -0.3 is 9.47 Å². The smallest absolute Gasteiger partial charge is 0.122 e. The number of unbranched alkanes of at least 4 members (excludes halogenated alkanes) is 13. The normalized spacial score (nSPS) is 12.1. The molecule has 0 aliphatic carbocycles. The van der Waals surface area contributed by atoms with E-state index in [-0.39, 0.29) is 0 Å². The molecule has 0 aromatic heterocycles. The highest BCUT2D eigenvalue weighted by atomic mass is 16.5. The van der Waals surface area contributed by atoms with Crippen LogP contribution in [0, 0.1) is 0 Å². The number of rotatable bonds is 25. The van der Waals surface area contributed by atoms with Crippen molar-refractivity contribution in [3.8, 4) is 22.6 Å². The van der Waals surface area contributed by atoms with E-state index in [1.807, 2.05) is 13.0 Å². The fourth-order valence-electron chi connectivity index (χ4n) is 6.55. The molecule has 1 unspecified atom stereocenters.